The fourth-order valence-corrected chi connectivity index (χ4v) is 5.69. The van der Waals surface area contributed by atoms with Crippen LogP contribution in [-0.2, 0) is 26.2 Å². The summed E-state index contributed by atoms with van der Waals surface area (Å²) in [5.41, 5.74) is 0.906. The molecule has 0 aliphatic carbocycles. The van der Waals surface area contributed by atoms with Crippen LogP contribution in [0.25, 0.3) is 0 Å². The molecule has 0 aromatic heterocycles. The predicted molar refractivity (Wildman–Crippen MR) is 158 cm³/mol. The summed E-state index contributed by atoms with van der Waals surface area (Å²) in [5.74, 6) is -0.806. The molecule has 0 saturated heterocycles. The largest absolute Gasteiger partial charge is 0.494 e. The monoisotopic (exact) mass is 583 g/mol. The Hall–Kier alpha value is -3.92. The molecule has 0 radical (unpaired) electrons. The molecule has 41 heavy (non-hydrogen) atoms. The van der Waals surface area contributed by atoms with Crippen LogP contribution in [0.5, 0.6) is 5.75 Å². The number of carbonyl (C=O) groups excluding carboxylic acids is 2. The molecule has 2 atom stereocenters. The first-order valence-electron chi connectivity index (χ1n) is 13.8. The van der Waals surface area contributed by atoms with Gasteiger partial charge in [0.2, 0.25) is 11.8 Å². The Morgan fingerprint density at radius 3 is 2.10 bits per heavy atom. The molecule has 0 bridgehead atoms. The van der Waals surface area contributed by atoms with Crippen molar-refractivity contribution in [2.45, 2.75) is 64.1 Å². The number of rotatable bonds is 14. The van der Waals surface area contributed by atoms with Crippen molar-refractivity contribution in [3.63, 3.8) is 0 Å². The second-order valence-corrected chi connectivity index (χ2v) is 11.5. The van der Waals surface area contributed by atoms with Gasteiger partial charge in [0.1, 0.15) is 24.2 Å². The molecular formula is C31H38FN3O5S. The van der Waals surface area contributed by atoms with Crippen LogP contribution in [0.15, 0.2) is 83.8 Å². The number of nitrogens with zero attached hydrogens (tertiary/aromatic N) is 2. The van der Waals surface area contributed by atoms with Crippen LogP contribution >= 0.6 is 0 Å². The molecule has 0 heterocycles. The summed E-state index contributed by atoms with van der Waals surface area (Å²) in [7, 11) is -4.19. The fourth-order valence-electron chi connectivity index (χ4n) is 4.27. The molecule has 0 aliphatic rings. The lowest BCUT2D eigenvalue weighted by atomic mass is 10.1. The third-order valence-corrected chi connectivity index (χ3v) is 8.49. The summed E-state index contributed by atoms with van der Waals surface area (Å²) >= 11 is 0. The Labute approximate surface area is 242 Å². The van der Waals surface area contributed by atoms with E-state index in [1.807, 2.05) is 20.8 Å². The lowest BCUT2D eigenvalue weighted by Gasteiger charge is -2.33. The molecule has 3 rings (SSSR count). The number of hydrogen-bond acceptors (Lipinski definition) is 5. The number of amides is 2. The number of nitrogens with one attached hydrogen (secondary N) is 1. The van der Waals surface area contributed by atoms with Crippen LogP contribution in [0.2, 0.25) is 0 Å². The molecule has 0 saturated carbocycles. The van der Waals surface area contributed by atoms with Gasteiger partial charge in [0.25, 0.3) is 10.0 Å². The number of hydrogen-bond donors (Lipinski definition) is 1. The van der Waals surface area contributed by atoms with Gasteiger partial charge in [-0.25, -0.2) is 12.8 Å². The van der Waals surface area contributed by atoms with Gasteiger partial charge in [0.05, 0.1) is 17.2 Å². The molecule has 0 aliphatic heterocycles. The van der Waals surface area contributed by atoms with Gasteiger partial charge in [-0.1, -0.05) is 44.2 Å². The maximum atomic E-state index is 14.0. The molecule has 220 valence electrons. The average molecular weight is 584 g/mol. The first-order valence-corrected chi connectivity index (χ1v) is 15.2. The van der Waals surface area contributed by atoms with E-state index in [1.54, 1.807) is 61.5 Å². The predicted octanol–water partition coefficient (Wildman–Crippen LogP) is 5.14. The Morgan fingerprint density at radius 2 is 1.54 bits per heavy atom. The molecule has 0 spiro atoms. The normalized spacial score (nSPS) is 12.7. The number of sulfonamides is 1. The topological polar surface area (TPSA) is 96.0 Å². The summed E-state index contributed by atoms with van der Waals surface area (Å²) in [6.07, 6.45) is 1.00. The van der Waals surface area contributed by atoms with Crippen LogP contribution < -0.4 is 14.4 Å². The fraction of sp³-hybridized carbons (Fsp3) is 0.355. The van der Waals surface area contributed by atoms with Crippen LogP contribution in [0, 0.1) is 5.82 Å². The zero-order chi connectivity index (χ0) is 30.0. The van der Waals surface area contributed by atoms with Crippen molar-refractivity contribution < 1.29 is 27.1 Å². The lowest BCUT2D eigenvalue weighted by Crippen LogP contribution is -2.53. The minimum absolute atomic E-state index is 0.00270. The van der Waals surface area contributed by atoms with E-state index < -0.39 is 34.3 Å². The van der Waals surface area contributed by atoms with E-state index in [-0.39, 0.29) is 23.4 Å². The van der Waals surface area contributed by atoms with Gasteiger partial charge in [-0.05, 0) is 80.8 Å². The molecule has 10 heteroatoms. The summed E-state index contributed by atoms with van der Waals surface area (Å²) < 4.78 is 47.9. The number of para-hydroxylation sites is 1. The SMILES string of the molecule is CCOc1ccc(S(=O)(=O)N(CC(=O)N(Cc2ccc(F)cc2)[C@@H](CC)C(=O)N[C@H](C)CC)c2ccccc2)cc1. The van der Waals surface area contributed by atoms with Crippen molar-refractivity contribution in [3.8, 4) is 5.75 Å². The number of anilines is 1. The van der Waals surface area contributed by atoms with E-state index in [9.17, 15) is 22.4 Å². The van der Waals surface area contributed by atoms with Crippen molar-refractivity contribution in [3.05, 3.63) is 90.2 Å². The molecule has 3 aromatic carbocycles. The molecule has 8 nitrogen and oxygen atoms in total. The van der Waals surface area contributed by atoms with Gasteiger partial charge in [0.15, 0.2) is 0 Å². The second kappa shape index (κ2) is 14.6. The molecule has 0 unspecified atom stereocenters. The highest BCUT2D eigenvalue weighted by Gasteiger charge is 2.34. The zero-order valence-corrected chi connectivity index (χ0v) is 24.7. The van der Waals surface area contributed by atoms with E-state index in [2.05, 4.69) is 5.32 Å². The van der Waals surface area contributed by atoms with Gasteiger partial charge in [-0.15, -0.1) is 0 Å². The van der Waals surface area contributed by atoms with E-state index in [0.717, 1.165) is 4.31 Å². The maximum absolute atomic E-state index is 14.0. The van der Waals surface area contributed by atoms with Crippen molar-refractivity contribution in [1.29, 1.82) is 0 Å². The first-order chi connectivity index (χ1) is 19.6. The smallest absolute Gasteiger partial charge is 0.264 e. The first kappa shape index (κ1) is 31.6. The third-order valence-electron chi connectivity index (χ3n) is 6.70. The second-order valence-electron chi connectivity index (χ2n) is 9.64. The van der Waals surface area contributed by atoms with E-state index in [0.29, 0.717) is 36.4 Å². The Kier molecular flexibility index (Phi) is 11.3. The van der Waals surface area contributed by atoms with Gasteiger partial charge in [-0.2, -0.15) is 0 Å². The molecular weight excluding hydrogens is 545 g/mol. The summed E-state index contributed by atoms with van der Waals surface area (Å²) in [4.78, 5) is 28.7. The van der Waals surface area contributed by atoms with Gasteiger partial charge in [0, 0.05) is 12.6 Å². The summed E-state index contributed by atoms with van der Waals surface area (Å²) in [5, 5.41) is 2.93. The van der Waals surface area contributed by atoms with E-state index in [1.165, 1.54) is 29.2 Å². The molecule has 0 fully saturated rings. The molecule has 2 amide bonds. The van der Waals surface area contributed by atoms with E-state index >= 15 is 0 Å². The quantitative estimate of drug-likeness (QED) is 0.284. The minimum atomic E-state index is -4.19. The number of benzene rings is 3. The number of carbonyl (C=O) groups is 2. The van der Waals surface area contributed by atoms with Crippen molar-refractivity contribution in [1.82, 2.24) is 10.2 Å². The molecule has 1 N–H and O–H groups in total. The van der Waals surface area contributed by atoms with Crippen molar-refractivity contribution in [2.24, 2.45) is 0 Å². The Morgan fingerprint density at radius 1 is 0.902 bits per heavy atom. The van der Waals surface area contributed by atoms with Crippen LogP contribution in [0.4, 0.5) is 10.1 Å². The lowest BCUT2D eigenvalue weighted by molar-refractivity contribution is -0.140. The number of halogens is 1. The summed E-state index contributed by atoms with van der Waals surface area (Å²) in [6.45, 7) is 7.32. The van der Waals surface area contributed by atoms with Gasteiger partial charge in [-0.3, -0.25) is 13.9 Å². The average Bonchev–Trinajstić information content (AvgIpc) is 2.97. The van der Waals surface area contributed by atoms with Crippen LogP contribution in [0.3, 0.4) is 0 Å². The highest BCUT2D eigenvalue weighted by molar-refractivity contribution is 7.92. The van der Waals surface area contributed by atoms with E-state index in [4.69, 9.17) is 4.74 Å². The van der Waals surface area contributed by atoms with Crippen molar-refractivity contribution >= 4 is 27.5 Å². The highest BCUT2D eigenvalue weighted by atomic mass is 32.2. The van der Waals surface area contributed by atoms with Crippen LogP contribution in [0.1, 0.15) is 46.1 Å². The molecule has 3 aromatic rings. The minimum Gasteiger partial charge on any atom is -0.494 e. The van der Waals surface area contributed by atoms with Crippen LogP contribution in [-0.4, -0.2) is 50.4 Å². The standard InChI is InChI=1S/C31H38FN3O5S/c1-5-23(4)33-31(37)29(6-2)34(21-24-13-15-25(32)16-14-24)30(36)22-35(26-11-9-8-10-12-26)41(38,39)28-19-17-27(18-20-28)40-7-3/h8-20,23,29H,5-7,21-22H2,1-4H3,(H,33,37)/t23-,29+/m1/s1. The Balaban J connectivity index is 2.02. The summed E-state index contributed by atoms with van der Waals surface area (Å²) in [6, 6.07) is 19.0. The van der Waals surface area contributed by atoms with Crippen molar-refractivity contribution in [2.75, 3.05) is 17.5 Å². The highest BCUT2D eigenvalue weighted by Crippen LogP contribution is 2.26. The third kappa shape index (κ3) is 8.29. The van der Waals surface area contributed by atoms with Gasteiger partial charge < -0.3 is 15.0 Å². The van der Waals surface area contributed by atoms with Gasteiger partial charge >= 0.3 is 0 Å². The Bertz CT molecular complexity index is 1380. The number of ether oxygens (including phenoxy) is 1. The maximum Gasteiger partial charge on any atom is 0.264 e. The zero-order valence-electron chi connectivity index (χ0n) is 23.9.